The molecule has 2 heterocycles. The molecule has 1 aliphatic heterocycles. The molecule has 1 saturated heterocycles. The SMILES string of the molecule is CC(C)(C)NC(=O)[C@@H]1CCCN1C(=O)C(O)C(Cc1ccccc1)NC(=O)[C@H](CC(N)=O)NC(=O)c1ccc2ccccc2n1. The van der Waals surface area contributed by atoms with Crippen molar-refractivity contribution in [3.63, 3.8) is 0 Å². The highest BCUT2D eigenvalue weighted by Crippen LogP contribution is 2.21. The summed E-state index contributed by atoms with van der Waals surface area (Å²) in [6.45, 7) is 5.78. The van der Waals surface area contributed by atoms with Crippen LogP contribution in [0, 0.1) is 0 Å². The summed E-state index contributed by atoms with van der Waals surface area (Å²) in [6, 6.07) is 16.0. The van der Waals surface area contributed by atoms with Crippen molar-refractivity contribution in [3.8, 4) is 0 Å². The molecule has 4 atom stereocenters. The summed E-state index contributed by atoms with van der Waals surface area (Å²) in [5.74, 6) is -3.40. The molecule has 0 aliphatic carbocycles. The first-order chi connectivity index (χ1) is 21.3. The van der Waals surface area contributed by atoms with Crippen molar-refractivity contribution in [1.82, 2.24) is 25.8 Å². The number of aliphatic hydroxyl groups is 1. The zero-order valence-electron chi connectivity index (χ0n) is 25.7. The number of hydrogen-bond acceptors (Lipinski definition) is 7. The van der Waals surface area contributed by atoms with Gasteiger partial charge in [-0.1, -0.05) is 54.6 Å². The van der Waals surface area contributed by atoms with E-state index in [1.165, 1.54) is 11.0 Å². The summed E-state index contributed by atoms with van der Waals surface area (Å²) in [5.41, 5.74) is 6.22. The summed E-state index contributed by atoms with van der Waals surface area (Å²) < 4.78 is 0. The molecule has 1 fully saturated rings. The summed E-state index contributed by atoms with van der Waals surface area (Å²) in [5, 5.41) is 20.3. The molecule has 4 rings (SSSR count). The van der Waals surface area contributed by atoms with Crippen LogP contribution >= 0.6 is 0 Å². The second-order valence-corrected chi connectivity index (χ2v) is 12.3. The molecule has 0 radical (unpaired) electrons. The van der Waals surface area contributed by atoms with Crippen molar-refractivity contribution < 1.29 is 29.1 Å². The van der Waals surface area contributed by atoms with Crippen LogP contribution in [0.1, 0.15) is 56.1 Å². The third kappa shape index (κ3) is 8.85. The Morgan fingerprint density at radius 3 is 2.36 bits per heavy atom. The second-order valence-electron chi connectivity index (χ2n) is 12.3. The van der Waals surface area contributed by atoms with Crippen LogP contribution in [-0.4, -0.2) is 80.8 Å². The Labute approximate surface area is 261 Å². The minimum atomic E-state index is -1.73. The fourth-order valence-electron chi connectivity index (χ4n) is 5.33. The summed E-state index contributed by atoms with van der Waals surface area (Å²) in [6.07, 6.45) is -1.20. The monoisotopic (exact) mass is 616 g/mol. The van der Waals surface area contributed by atoms with E-state index in [2.05, 4.69) is 20.9 Å². The van der Waals surface area contributed by atoms with E-state index < -0.39 is 59.8 Å². The van der Waals surface area contributed by atoms with Gasteiger partial charge in [-0.25, -0.2) is 4.98 Å². The van der Waals surface area contributed by atoms with Gasteiger partial charge >= 0.3 is 0 Å². The number of amides is 5. The van der Waals surface area contributed by atoms with Gasteiger partial charge in [0.2, 0.25) is 17.7 Å². The maximum absolute atomic E-state index is 13.6. The molecular formula is C33H40N6O6. The highest BCUT2D eigenvalue weighted by molar-refractivity contribution is 5.99. The number of fused-ring (bicyclic) bond motifs is 1. The van der Waals surface area contributed by atoms with Crippen LogP contribution in [0.4, 0.5) is 0 Å². The van der Waals surface area contributed by atoms with E-state index in [1.54, 1.807) is 48.5 Å². The van der Waals surface area contributed by atoms with Crippen molar-refractivity contribution in [2.75, 3.05) is 6.54 Å². The minimum Gasteiger partial charge on any atom is -0.381 e. The van der Waals surface area contributed by atoms with Crippen molar-refractivity contribution in [2.45, 2.75) is 76.2 Å². The molecule has 45 heavy (non-hydrogen) atoms. The molecular weight excluding hydrogens is 576 g/mol. The normalized spacial score (nSPS) is 16.8. The number of carbonyl (C=O) groups excluding carboxylic acids is 5. The van der Waals surface area contributed by atoms with Crippen molar-refractivity contribution >= 4 is 40.4 Å². The van der Waals surface area contributed by atoms with E-state index in [0.29, 0.717) is 23.9 Å². The van der Waals surface area contributed by atoms with Gasteiger partial charge in [0.05, 0.1) is 18.0 Å². The molecule has 3 aromatic rings. The number of pyridine rings is 1. The highest BCUT2D eigenvalue weighted by Gasteiger charge is 2.41. The van der Waals surface area contributed by atoms with Gasteiger partial charge in [0.15, 0.2) is 6.10 Å². The predicted molar refractivity (Wildman–Crippen MR) is 168 cm³/mol. The molecule has 2 aromatic carbocycles. The Morgan fingerprint density at radius 1 is 0.978 bits per heavy atom. The lowest BCUT2D eigenvalue weighted by molar-refractivity contribution is -0.147. The van der Waals surface area contributed by atoms with E-state index in [1.807, 2.05) is 32.9 Å². The smallest absolute Gasteiger partial charge is 0.270 e. The molecule has 0 spiro atoms. The molecule has 1 aromatic heterocycles. The lowest BCUT2D eigenvalue weighted by Crippen LogP contribution is -2.59. The Bertz CT molecular complexity index is 1560. The van der Waals surface area contributed by atoms with Gasteiger partial charge in [-0.3, -0.25) is 24.0 Å². The number of aliphatic hydroxyl groups excluding tert-OH is 1. The highest BCUT2D eigenvalue weighted by atomic mass is 16.3. The number of benzene rings is 2. The Balaban J connectivity index is 1.55. The van der Waals surface area contributed by atoms with E-state index >= 15 is 0 Å². The number of para-hydroxylation sites is 1. The molecule has 238 valence electrons. The molecule has 12 heteroatoms. The summed E-state index contributed by atoms with van der Waals surface area (Å²) in [7, 11) is 0. The fraction of sp³-hybridized carbons (Fsp3) is 0.394. The summed E-state index contributed by atoms with van der Waals surface area (Å²) >= 11 is 0. The van der Waals surface area contributed by atoms with E-state index in [4.69, 9.17) is 5.73 Å². The number of aromatic nitrogens is 1. The predicted octanol–water partition coefficient (Wildman–Crippen LogP) is 1.20. The van der Waals surface area contributed by atoms with Gasteiger partial charge < -0.3 is 31.7 Å². The van der Waals surface area contributed by atoms with Gasteiger partial charge in [-0.05, 0) is 57.7 Å². The minimum absolute atomic E-state index is 0.0284. The number of nitrogens with two attached hydrogens (primary N) is 1. The van der Waals surface area contributed by atoms with Gasteiger partial charge in [0.1, 0.15) is 17.8 Å². The molecule has 1 aliphatic rings. The second kappa shape index (κ2) is 14.3. The lowest BCUT2D eigenvalue weighted by Gasteiger charge is -2.32. The number of rotatable bonds is 11. The average Bonchev–Trinajstić information content (AvgIpc) is 3.49. The van der Waals surface area contributed by atoms with E-state index in [0.717, 1.165) is 5.39 Å². The third-order valence-corrected chi connectivity index (χ3v) is 7.46. The van der Waals surface area contributed by atoms with Crippen LogP contribution < -0.4 is 21.7 Å². The molecule has 5 amide bonds. The van der Waals surface area contributed by atoms with Crippen LogP contribution in [0.3, 0.4) is 0 Å². The number of nitrogens with one attached hydrogen (secondary N) is 3. The van der Waals surface area contributed by atoms with Crippen LogP contribution in [-0.2, 0) is 25.6 Å². The number of primary amides is 1. The fourth-order valence-corrected chi connectivity index (χ4v) is 5.33. The molecule has 6 N–H and O–H groups in total. The van der Waals surface area contributed by atoms with E-state index in [-0.39, 0.29) is 24.6 Å². The number of hydrogen-bond donors (Lipinski definition) is 5. The number of nitrogens with zero attached hydrogens (tertiary/aromatic N) is 2. The molecule has 12 nitrogen and oxygen atoms in total. The topological polar surface area (TPSA) is 184 Å². The van der Waals surface area contributed by atoms with Crippen molar-refractivity contribution in [1.29, 1.82) is 0 Å². The Kier molecular flexibility index (Phi) is 10.5. The molecule has 2 unspecified atom stereocenters. The number of likely N-dealkylation sites (tertiary alicyclic amines) is 1. The molecule has 0 bridgehead atoms. The first-order valence-electron chi connectivity index (χ1n) is 14.9. The first kappa shape index (κ1) is 33.1. The first-order valence-corrected chi connectivity index (χ1v) is 14.9. The maximum atomic E-state index is 13.6. The maximum Gasteiger partial charge on any atom is 0.270 e. The lowest BCUT2D eigenvalue weighted by atomic mass is 9.99. The molecule has 0 saturated carbocycles. The Morgan fingerprint density at radius 2 is 1.67 bits per heavy atom. The number of carbonyl (C=O) groups is 5. The van der Waals surface area contributed by atoms with Crippen molar-refractivity contribution in [2.24, 2.45) is 5.73 Å². The van der Waals surface area contributed by atoms with Gasteiger partial charge in [0.25, 0.3) is 11.8 Å². The van der Waals surface area contributed by atoms with Crippen LogP contribution in [0.15, 0.2) is 66.7 Å². The third-order valence-electron chi connectivity index (χ3n) is 7.46. The van der Waals surface area contributed by atoms with Crippen molar-refractivity contribution in [3.05, 3.63) is 78.0 Å². The summed E-state index contributed by atoms with van der Waals surface area (Å²) in [4.78, 5) is 70.9. The Hall–Kier alpha value is -4.84. The van der Waals surface area contributed by atoms with E-state index in [9.17, 15) is 29.1 Å². The largest absolute Gasteiger partial charge is 0.381 e. The van der Waals surface area contributed by atoms with Gasteiger partial charge in [-0.2, -0.15) is 0 Å². The van der Waals surface area contributed by atoms with Gasteiger partial charge in [-0.15, -0.1) is 0 Å². The zero-order chi connectivity index (χ0) is 32.7. The zero-order valence-corrected chi connectivity index (χ0v) is 25.7. The van der Waals surface area contributed by atoms with Crippen LogP contribution in [0.5, 0.6) is 0 Å². The average molecular weight is 617 g/mol. The van der Waals surface area contributed by atoms with Gasteiger partial charge in [0, 0.05) is 17.5 Å². The quantitative estimate of drug-likeness (QED) is 0.214. The van der Waals surface area contributed by atoms with Crippen LogP contribution in [0.25, 0.3) is 10.9 Å². The standard InChI is InChI=1S/C33H40N6O6/c1-33(2,3)38-31(44)26-14-9-17-39(26)32(45)28(41)24(18-20-10-5-4-6-11-20)36-30(43)25(19-27(34)40)37-29(42)23-16-15-21-12-7-8-13-22(21)35-23/h4-8,10-13,15-16,24-26,28,41H,9,14,17-19H2,1-3H3,(H2,34,40)(H,36,43)(H,37,42)(H,38,44)/t24?,25-,26-,28?/m0/s1. The van der Waals surface area contributed by atoms with Crippen LogP contribution in [0.2, 0.25) is 0 Å².